The van der Waals surface area contributed by atoms with Gasteiger partial charge in [0.1, 0.15) is 5.82 Å². The second-order valence-corrected chi connectivity index (χ2v) is 8.71. The third-order valence-corrected chi connectivity index (χ3v) is 6.54. The highest BCUT2D eigenvalue weighted by Crippen LogP contribution is 2.36. The fraction of sp³-hybridized carbons (Fsp3) is 0.480. The van der Waals surface area contributed by atoms with Crippen molar-refractivity contribution in [3.8, 4) is 0 Å². The summed E-state index contributed by atoms with van der Waals surface area (Å²) in [6.45, 7) is 8.01. The second-order valence-electron chi connectivity index (χ2n) is 8.71. The minimum absolute atomic E-state index is 0.0667. The van der Waals surface area contributed by atoms with Crippen molar-refractivity contribution in [2.45, 2.75) is 58.4 Å². The summed E-state index contributed by atoms with van der Waals surface area (Å²) >= 11 is 0. The summed E-state index contributed by atoms with van der Waals surface area (Å²) in [4.78, 5) is 18.2. The smallest absolute Gasteiger partial charge is 0.303 e. The van der Waals surface area contributed by atoms with Crippen LogP contribution in [0.3, 0.4) is 0 Å². The number of halogens is 1. The summed E-state index contributed by atoms with van der Waals surface area (Å²) in [5.41, 5.74) is 3.24. The van der Waals surface area contributed by atoms with Crippen molar-refractivity contribution in [2.24, 2.45) is 0 Å². The SMILES string of the molecule is CCC(CC(=O)O)c1ccc(N(CC)C2CCOCC2)c(Nc2ccn3nc(C)c(F)c3n2)c1. The Morgan fingerprint density at radius 3 is 2.76 bits per heavy atom. The Kier molecular flexibility index (Phi) is 7.31. The van der Waals surface area contributed by atoms with Gasteiger partial charge in [0.15, 0.2) is 11.5 Å². The van der Waals surface area contributed by atoms with Crippen molar-refractivity contribution in [1.82, 2.24) is 14.6 Å². The number of hydrogen-bond donors (Lipinski definition) is 2. The van der Waals surface area contributed by atoms with E-state index >= 15 is 0 Å². The first-order valence-electron chi connectivity index (χ1n) is 11.9. The number of carboxylic acids is 1. The summed E-state index contributed by atoms with van der Waals surface area (Å²) < 4.78 is 21.5. The van der Waals surface area contributed by atoms with Crippen molar-refractivity contribution in [2.75, 3.05) is 30.0 Å². The Bertz CT molecular complexity index is 1160. The molecular weight excluding hydrogens is 437 g/mol. The molecule has 1 aromatic carbocycles. The predicted molar refractivity (Wildman–Crippen MR) is 130 cm³/mol. The van der Waals surface area contributed by atoms with Crippen LogP contribution in [0.2, 0.25) is 0 Å². The zero-order chi connectivity index (χ0) is 24.2. The molecule has 8 nitrogen and oxygen atoms in total. The van der Waals surface area contributed by atoms with Crippen molar-refractivity contribution in [3.05, 3.63) is 47.5 Å². The molecule has 1 aliphatic heterocycles. The first-order valence-corrected chi connectivity index (χ1v) is 11.9. The van der Waals surface area contributed by atoms with Crippen LogP contribution in [0.1, 0.15) is 56.7 Å². The molecule has 0 saturated carbocycles. The highest BCUT2D eigenvalue weighted by molar-refractivity contribution is 5.76. The number of carbonyl (C=O) groups is 1. The summed E-state index contributed by atoms with van der Waals surface area (Å²) in [7, 11) is 0. The number of hydrogen-bond acceptors (Lipinski definition) is 6. The maximum Gasteiger partial charge on any atom is 0.303 e. The average Bonchev–Trinajstić information content (AvgIpc) is 3.12. The molecule has 3 heterocycles. The van der Waals surface area contributed by atoms with Gasteiger partial charge in [-0.05, 0) is 62.8 Å². The molecule has 2 N–H and O–H groups in total. The Balaban J connectivity index is 1.75. The third kappa shape index (κ3) is 4.99. The molecule has 34 heavy (non-hydrogen) atoms. The van der Waals surface area contributed by atoms with Gasteiger partial charge in [0, 0.05) is 32.0 Å². The van der Waals surface area contributed by atoms with E-state index in [9.17, 15) is 14.3 Å². The van der Waals surface area contributed by atoms with E-state index in [-0.39, 0.29) is 18.0 Å². The van der Waals surface area contributed by atoms with E-state index in [1.807, 2.05) is 19.1 Å². The molecule has 4 rings (SSSR count). The van der Waals surface area contributed by atoms with Crippen LogP contribution in [0.15, 0.2) is 30.5 Å². The number of benzene rings is 1. The van der Waals surface area contributed by atoms with Crippen LogP contribution in [-0.4, -0.2) is 51.5 Å². The Labute approximate surface area is 198 Å². The summed E-state index contributed by atoms with van der Waals surface area (Å²) in [6.07, 6.45) is 4.34. The van der Waals surface area contributed by atoms with Gasteiger partial charge in [0.25, 0.3) is 0 Å². The third-order valence-electron chi connectivity index (χ3n) is 6.54. The molecule has 0 aliphatic carbocycles. The van der Waals surface area contributed by atoms with E-state index in [0.717, 1.165) is 49.5 Å². The van der Waals surface area contributed by atoms with Crippen molar-refractivity contribution >= 4 is 28.8 Å². The number of aryl methyl sites for hydroxylation is 1. The number of ether oxygens (including phenoxy) is 1. The quantitative estimate of drug-likeness (QED) is 0.461. The number of aromatic nitrogens is 3. The van der Waals surface area contributed by atoms with Gasteiger partial charge in [-0.15, -0.1) is 0 Å². The molecule has 0 radical (unpaired) electrons. The van der Waals surface area contributed by atoms with E-state index in [0.29, 0.717) is 24.0 Å². The number of nitrogens with one attached hydrogen (secondary N) is 1. The molecule has 9 heteroatoms. The van der Waals surface area contributed by atoms with Crippen LogP contribution >= 0.6 is 0 Å². The molecule has 3 aromatic rings. The number of aliphatic carboxylic acids is 1. The molecule has 1 unspecified atom stereocenters. The monoisotopic (exact) mass is 469 g/mol. The molecule has 1 aliphatic rings. The minimum Gasteiger partial charge on any atom is -0.481 e. The number of fused-ring (bicyclic) bond motifs is 1. The molecule has 182 valence electrons. The predicted octanol–water partition coefficient (Wildman–Crippen LogP) is 4.89. The Morgan fingerprint density at radius 2 is 2.09 bits per heavy atom. The van der Waals surface area contributed by atoms with Gasteiger partial charge in [-0.3, -0.25) is 4.79 Å². The van der Waals surface area contributed by atoms with Crippen molar-refractivity contribution < 1.29 is 19.0 Å². The van der Waals surface area contributed by atoms with Crippen LogP contribution in [-0.2, 0) is 9.53 Å². The molecule has 2 aromatic heterocycles. The van der Waals surface area contributed by atoms with Gasteiger partial charge in [-0.1, -0.05) is 13.0 Å². The lowest BCUT2D eigenvalue weighted by atomic mass is 9.92. The minimum atomic E-state index is -0.818. The van der Waals surface area contributed by atoms with E-state index in [1.54, 1.807) is 19.2 Å². The van der Waals surface area contributed by atoms with E-state index in [2.05, 4.69) is 33.3 Å². The Hall–Kier alpha value is -3.20. The Morgan fingerprint density at radius 1 is 1.32 bits per heavy atom. The topological polar surface area (TPSA) is 92.0 Å². The molecule has 1 saturated heterocycles. The maximum atomic E-state index is 14.5. The lowest BCUT2D eigenvalue weighted by Crippen LogP contribution is -2.39. The van der Waals surface area contributed by atoms with Crippen LogP contribution < -0.4 is 10.2 Å². The lowest BCUT2D eigenvalue weighted by Gasteiger charge is -2.36. The molecule has 0 amide bonds. The van der Waals surface area contributed by atoms with Crippen LogP contribution in [0.4, 0.5) is 21.6 Å². The first-order chi connectivity index (χ1) is 16.4. The number of nitrogens with zero attached hydrogens (tertiary/aromatic N) is 4. The summed E-state index contributed by atoms with van der Waals surface area (Å²) in [5, 5.41) is 16.9. The fourth-order valence-electron chi connectivity index (χ4n) is 4.71. The number of rotatable bonds is 9. The van der Waals surface area contributed by atoms with E-state index in [4.69, 9.17) is 4.74 Å². The van der Waals surface area contributed by atoms with Crippen LogP contribution in [0, 0.1) is 12.7 Å². The highest BCUT2D eigenvalue weighted by Gasteiger charge is 2.24. The highest BCUT2D eigenvalue weighted by atomic mass is 19.1. The zero-order valence-electron chi connectivity index (χ0n) is 19.9. The van der Waals surface area contributed by atoms with Gasteiger partial charge >= 0.3 is 5.97 Å². The van der Waals surface area contributed by atoms with Gasteiger partial charge in [-0.25, -0.2) is 13.9 Å². The molecule has 1 atom stereocenters. The largest absolute Gasteiger partial charge is 0.481 e. The maximum absolute atomic E-state index is 14.5. The standard InChI is InChI=1S/C25H32FN5O3/c1-4-17(15-23(32)33)18-6-7-21(30(5-2)19-9-12-34-13-10-19)20(14-18)27-22-8-11-31-25(28-22)24(26)16(3)29-31/h6-8,11,14,17,19H,4-5,9-10,12-13,15H2,1-3H3,(H,27,28)(H,32,33). The van der Waals surface area contributed by atoms with Gasteiger partial charge in [0.05, 0.1) is 23.5 Å². The molecule has 0 bridgehead atoms. The van der Waals surface area contributed by atoms with Gasteiger partial charge < -0.3 is 20.1 Å². The van der Waals surface area contributed by atoms with Crippen molar-refractivity contribution in [1.29, 1.82) is 0 Å². The van der Waals surface area contributed by atoms with Crippen LogP contribution in [0.5, 0.6) is 0 Å². The van der Waals surface area contributed by atoms with Gasteiger partial charge in [-0.2, -0.15) is 5.10 Å². The normalized spacial score (nSPS) is 15.4. The lowest BCUT2D eigenvalue weighted by molar-refractivity contribution is -0.137. The first kappa shape index (κ1) is 23.9. The summed E-state index contributed by atoms with van der Waals surface area (Å²) in [6, 6.07) is 8.20. The zero-order valence-corrected chi connectivity index (χ0v) is 19.9. The average molecular weight is 470 g/mol. The number of anilines is 3. The van der Waals surface area contributed by atoms with Crippen molar-refractivity contribution in [3.63, 3.8) is 0 Å². The van der Waals surface area contributed by atoms with E-state index in [1.165, 1.54) is 4.52 Å². The number of carboxylic acid groups (broad SMARTS) is 1. The van der Waals surface area contributed by atoms with Gasteiger partial charge in [0.2, 0.25) is 0 Å². The fourth-order valence-corrected chi connectivity index (χ4v) is 4.71. The molecular formula is C25H32FN5O3. The second kappa shape index (κ2) is 10.4. The van der Waals surface area contributed by atoms with E-state index < -0.39 is 11.8 Å². The molecule has 0 spiro atoms. The summed E-state index contributed by atoms with van der Waals surface area (Å²) in [5.74, 6) is -0.862. The molecule has 1 fully saturated rings. The van der Waals surface area contributed by atoms with Crippen LogP contribution in [0.25, 0.3) is 5.65 Å².